The minimum atomic E-state index is -0.868. The second-order valence-electron chi connectivity index (χ2n) is 5.11. The molecular weight excluding hydrogens is 165 g/mol. The first-order chi connectivity index (χ1) is 6.12. The van der Waals surface area contributed by atoms with Crippen molar-refractivity contribution in [3.63, 3.8) is 0 Å². The predicted octanol–water partition coefficient (Wildman–Crippen LogP) is 2.37. The molecule has 13 heavy (non-hydrogen) atoms. The van der Waals surface area contributed by atoms with Gasteiger partial charge in [-0.3, -0.25) is 0 Å². The number of hydrogen-bond acceptors (Lipinski definition) is 1. The van der Waals surface area contributed by atoms with Gasteiger partial charge in [0.15, 0.2) is 0 Å². The maximum absolute atomic E-state index is 14.3. The second-order valence-corrected chi connectivity index (χ2v) is 5.11. The Morgan fingerprint density at radius 2 is 2.00 bits per heavy atom. The molecule has 0 aromatic carbocycles. The fourth-order valence-electron chi connectivity index (χ4n) is 2.85. The van der Waals surface area contributed by atoms with E-state index in [4.69, 9.17) is 0 Å². The summed E-state index contributed by atoms with van der Waals surface area (Å²) in [5.74, 6) is 1.57. The SMILES string of the molecule is CC(C)C1(F)CCC2CNCC2C1. The van der Waals surface area contributed by atoms with Crippen LogP contribution in [0.25, 0.3) is 0 Å². The molecule has 1 N–H and O–H groups in total. The fourth-order valence-corrected chi connectivity index (χ4v) is 2.85. The van der Waals surface area contributed by atoms with Crippen molar-refractivity contribution in [2.24, 2.45) is 17.8 Å². The third-order valence-electron chi connectivity index (χ3n) is 4.05. The molecule has 1 aliphatic heterocycles. The molecule has 2 aliphatic rings. The molecule has 3 unspecified atom stereocenters. The standard InChI is InChI=1S/C11H20FN/c1-8(2)11(12)4-3-9-6-13-7-10(9)5-11/h8-10,13H,3-7H2,1-2H3. The van der Waals surface area contributed by atoms with Crippen LogP contribution in [-0.2, 0) is 0 Å². The molecule has 1 saturated carbocycles. The molecule has 2 rings (SSSR count). The monoisotopic (exact) mass is 185 g/mol. The van der Waals surface area contributed by atoms with Crippen molar-refractivity contribution in [2.45, 2.75) is 38.8 Å². The van der Waals surface area contributed by atoms with Gasteiger partial charge in [0.25, 0.3) is 0 Å². The lowest BCUT2D eigenvalue weighted by Gasteiger charge is -2.39. The number of rotatable bonds is 1. The maximum atomic E-state index is 14.3. The van der Waals surface area contributed by atoms with Crippen LogP contribution in [0, 0.1) is 17.8 Å². The number of halogens is 1. The predicted molar refractivity (Wildman–Crippen MR) is 52.4 cm³/mol. The van der Waals surface area contributed by atoms with E-state index in [2.05, 4.69) is 5.32 Å². The first-order valence-corrected chi connectivity index (χ1v) is 5.51. The summed E-state index contributed by atoms with van der Waals surface area (Å²) in [6.07, 6.45) is 2.67. The summed E-state index contributed by atoms with van der Waals surface area (Å²) in [6, 6.07) is 0. The average Bonchev–Trinajstić information content (AvgIpc) is 2.50. The Bertz CT molecular complexity index is 193. The first kappa shape index (κ1) is 9.45. The van der Waals surface area contributed by atoms with Crippen LogP contribution in [0.3, 0.4) is 0 Å². The van der Waals surface area contributed by atoms with Gasteiger partial charge in [0.05, 0.1) is 0 Å². The zero-order valence-electron chi connectivity index (χ0n) is 8.65. The van der Waals surface area contributed by atoms with E-state index in [0.717, 1.165) is 38.3 Å². The number of nitrogens with one attached hydrogen (secondary N) is 1. The third kappa shape index (κ3) is 1.61. The van der Waals surface area contributed by atoms with E-state index in [1.54, 1.807) is 0 Å². The summed E-state index contributed by atoms with van der Waals surface area (Å²) in [6.45, 7) is 6.20. The van der Waals surface area contributed by atoms with Crippen LogP contribution in [-0.4, -0.2) is 18.8 Å². The molecule has 0 aromatic rings. The van der Waals surface area contributed by atoms with Crippen molar-refractivity contribution in [1.82, 2.24) is 5.32 Å². The van der Waals surface area contributed by atoms with Crippen LogP contribution in [0.15, 0.2) is 0 Å². The molecule has 0 spiro atoms. The van der Waals surface area contributed by atoms with Gasteiger partial charge < -0.3 is 5.32 Å². The average molecular weight is 185 g/mol. The summed E-state index contributed by atoms with van der Waals surface area (Å²) in [7, 11) is 0. The Kier molecular flexibility index (Phi) is 2.35. The van der Waals surface area contributed by atoms with E-state index < -0.39 is 5.67 Å². The molecule has 0 bridgehead atoms. The Morgan fingerprint density at radius 1 is 1.31 bits per heavy atom. The van der Waals surface area contributed by atoms with Crippen LogP contribution < -0.4 is 5.32 Å². The molecule has 3 atom stereocenters. The van der Waals surface area contributed by atoms with Crippen molar-refractivity contribution in [3.05, 3.63) is 0 Å². The lowest BCUT2D eigenvalue weighted by molar-refractivity contribution is 0.0178. The Hall–Kier alpha value is -0.110. The van der Waals surface area contributed by atoms with E-state index in [1.165, 1.54) is 0 Å². The van der Waals surface area contributed by atoms with E-state index in [1.807, 2.05) is 13.8 Å². The molecule has 1 heterocycles. The van der Waals surface area contributed by atoms with Crippen molar-refractivity contribution in [1.29, 1.82) is 0 Å². The lowest BCUT2D eigenvalue weighted by Crippen LogP contribution is -2.39. The zero-order chi connectivity index (χ0) is 9.47. The van der Waals surface area contributed by atoms with Gasteiger partial charge in [-0.15, -0.1) is 0 Å². The highest BCUT2D eigenvalue weighted by Crippen LogP contribution is 2.44. The lowest BCUT2D eigenvalue weighted by atomic mass is 9.70. The Balaban J connectivity index is 2.04. The van der Waals surface area contributed by atoms with Gasteiger partial charge in [-0.05, 0) is 50.1 Å². The minimum Gasteiger partial charge on any atom is -0.316 e. The van der Waals surface area contributed by atoms with Crippen LogP contribution in [0.1, 0.15) is 33.1 Å². The van der Waals surface area contributed by atoms with Gasteiger partial charge >= 0.3 is 0 Å². The van der Waals surface area contributed by atoms with Crippen molar-refractivity contribution in [3.8, 4) is 0 Å². The quantitative estimate of drug-likeness (QED) is 0.661. The largest absolute Gasteiger partial charge is 0.316 e. The summed E-state index contributed by atoms with van der Waals surface area (Å²) < 4.78 is 14.3. The van der Waals surface area contributed by atoms with E-state index in [9.17, 15) is 4.39 Å². The molecule has 1 saturated heterocycles. The highest BCUT2D eigenvalue weighted by atomic mass is 19.1. The van der Waals surface area contributed by atoms with Gasteiger partial charge in [-0.25, -0.2) is 4.39 Å². The van der Waals surface area contributed by atoms with Gasteiger partial charge in [0.1, 0.15) is 5.67 Å². The van der Waals surface area contributed by atoms with E-state index in [0.29, 0.717) is 5.92 Å². The fraction of sp³-hybridized carbons (Fsp3) is 1.00. The van der Waals surface area contributed by atoms with E-state index in [-0.39, 0.29) is 5.92 Å². The highest BCUT2D eigenvalue weighted by Gasteiger charge is 2.44. The summed E-state index contributed by atoms with van der Waals surface area (Å²) in [4.78, 5) is 0. The van der Waals surface area contributed by atoms with Crippen molar-refractivity contribution >= 4 is 0 Å². The number of hydrogen-bond donors (Lipinski definition) is 1. The molecule has 76 valence electrons. The normalized spacial score (nSPS) is 45.2. The molecule has 2 fully saturated rings. The van der Waals surface area contributed by atoms with Crippen LogP contribution in [0.4, 0.5) is 4.39 Å². The molecule has 0 amide bonds. The van der Waals surface area contributed by atoms with Gasteiger partial charge in [-0.2, -0.15) is 0 Å². The number of alkyl halides is 1. The van der Waals surface area contributed by atoms with Gasteiger partial charge in [0.2, 0.25) is 0 Å². The summed E-state index contributed by atoms with van der Waals surface area (Å²) >= 11 is 0. The van der Waals surface area contributed by atoms with Gasteiger partial charge in [-0.1, -0.05) is 13.8 Å². The molecule has 1 aliphatic carbocycles. The van der Waals surface area contributed by atoms with Crippen LogP contribution in [0.5, 0.6) is 0 Å². The topological polar surface area (TPSA) is 12.0 Å². The van der Waals surface area contributed by atoms with Gasteiger partial charge in [0, 0.05) is 0 Å². The summed E-state index contributed by atoms with van der Waals surface area (Å²) in [5, 5.41) is 3.37. The van der Waals surface area contributed by atoms with Crippen molar-refractivity contribution < 1.29 is 4.39 Å². The minimum absolute atomic E-state index is 0.189. The molecule has 0 radical (unpaired) electrons. The van der Waals surface area contributed by atoms with Crippen LogP contribution in [0.2, 0.25) is 0 Å². The van der Waals surface area contributed by atoms with E-state index >= 15 is 0 Å². The zero-order valence-corrected chi connectivity index (χ0v) is 8.65. The summed E-state index contributed by atoms with van der Waals surface area (Å²) in [5.41, 5.74) is -0.868. The Morgan fingerprint density at radius 3 is 2.69 bits per heavy atom. The highest BCUT2D eigenvalue weighted by molar-refractivity contribution is 4.96. The second kappa shape index (κ2) is 3.23. The first-order valence-electron chi connectivity index (χ1n) is 5.51. The smallest absolute Gasteiger partial charge is 0.113 e. The third-order valence-corrected chi connectivity index (χ3v) is 4.05. The van der Waals surface area contributed by atoms with Crippen LogP contribution >= 0.6 is 0 Å². The molecule has 2 heteroatoms. The molecule has 1 nitrogen and oxygen atoms in total. The number of fused-ring (bicyclic) bond motifs is 1. The maximum Gasteiger partial charge on any atom is 0.113 e. The molecular formula is C11H20FN. The molecule has 0 aromatic heterocycles. The van der Waals surface area contributed by atoms with Crippen molar-refractivity contribution in [2.75, 3.05) is 13.1 Å². The Labute approximate surface area is 80.1 Å².